The second-order valence-electron chi connectivity index (χ2n) is 7.46. The molecular formula is C25H22N6O5. The summed E-state index contributed by atoms with van der Waals surface area (Å²) in [5, 5.41) is 13.4. The van der Waals surface area contributed by atoms with Crippen molar-refractivity contribution in [3.63, 3.8) is 0 Å². The number of H-pyrrole nitrogens is 1. The number of hydrogen-bond donors (Lipinski definition) is 4. The fourth-order valence-electron chi connectivity index (χ4n) is 3.46. The van der Waals surface area contributed by atoms with Crippen molar-refractivity contribution in [1.82, 2.24) is 19.9 Å². The Morgan fingerprint density at radius 1 is 1.08 bits per heavy atom. The highest BCUT2D eigenvalue weighted by atomic mass is 16.5. The highest BCUT2D eigenvalue weighted by Crippen LogP contribution is 2.33. The summed E-state index contributed by atoms with van der Waals surface area (Å²) in [6.45, 7) is 1.66. The number of fused-ring (bicyclic) bond motifs is 1. The van der Waals surface area contributed by atoms with Gasteiger partial charge in [0.05, 0.1) is 12.6 Å². The zero-order chi connectivity index (χ0) is 25.5. The number of oxazole rings is 1. The van der Waals surface area contributed by atoms with Crippen LogP contribution >= 0.6 is 0 Å². The number of carboxylic acid groups (broad SMARTS) is 1. The number of rotatable bonds is 6. The highest BCUT2D eigenvalue weighted by Gasteiger charge is 2.10. The lowest BCUT2D eigenvalue weighted by Gasteiger charge is -2.13. The molecule has 0 amide bonds. The number of anilines is 4. The van der Waals surface area contributed by atoms with E-state index in [2.05, 4.69) is 30.6 Å². The van der Waals surface area contributed by atoms with Crippen LogP contribution < -0.4 is 21.1 Å². The van der Waals surface area contributed by atoms with Crippen LogP contribution in [-0.2, 0) is 4.79 Å². The van der Waals surface area contributed by atoms with E-state index >= 15 is 0 Å². The van der Waals surface area contributed by atoms with Crippen molar-refractivity contribution < 1.29 is 19.1 Å². The molecule has 0 aliphatic heterocycles. The molecule has 4 N–H and O–H groups in total. The van der Waals surface area contributed by atoms with Crippen LogP contribution in [0.15, 0.2) is 76.3 Å². The van der Waals surface area contributed by atoms with Gasteiger partial charge in [-0.15, -0.1) is 0 Å². The van der Waals surface area contributed by atoms with E-state index in [1.165, 1.54) is 0 Å². The molecule has 0 aliphatic carbocycles. The largest absolute Gasteiger partial charge is 0.496 e. The Hall–Kier alpha value is -5.19. The van der Waals surface area contributed by atoms with Gasteiger partial charge in [0.15, 0.2) is 5.58 Å². The lowest BCUT2D eigenvalue weighted by atomic mass is 10.1. The summed E-state index contributed by atoms with van der Waals surface area (Å²) >= 11 is 0. The van der Waals surface area contributed by atoms with E-state index in [1.54, 1.807) is 37.8 Å². The third-order valence-electron chi connectivity index (χ3n) is 5.08. The number of methoxy groups -OCH3 is 1. The molecule has 0 atom stereocenters. The fourth-order valence-corrected chi connectivity index (χ4v) is 3.46. The molecule has 36 heavy (non-hydrogen) atoms. The SMILES string of the molecule is COc1ccc(Nc2ncc(C)c(Nc3ccc4oc(=O)[nH]c4c3)n2)cc1-c1cccnc1.O=CO. The van der Waals surface area contributed by atoms with Crippen molar-refractivity contribution in [3.05, 3.63) is 83.2 Å². The van der Waals surface area contributed by atoms with E-state index in [0.717, 1.165) is 33.8 Å². The molecule has 0 spiro atoms. The molecule has 0 radical (unpaired) electrons. The zero-order valence-corrected chi connectivity index (χ0v) is 19.4. The van der Waals surface area contributed by atoms with E-state index in [0.29, 0.717) is 22.9 Å². The van der Waals surface area contributed by atoms with Gasteiger partial charge in [-0.3, -0.25) is 14.8 Å². The molecule has 5 aromatic rings. The summed E-state index contributed by atoms with van der Waals surface area (Å²) in [6.07, 6.45) is 5.26. The van der Waals surface area contributed by atoms with Crippen molar-refractivity contribution in [3.8, 4) is 16.9 Å². The Labute approximate surface area is 204 Å². The minimum absolute atomic E-state index is 0.250. The zero-order valence-electron chi connectivity index (χ0n) is 19.4. The molecule has 3 aromatic heterocycles. The first kappa shape index (κ1) is 24.0. The summed E-state index contributed by atoms with van der Waals surface area (Å²) in [7, 11) is 1.64. The third-order valence-corrected chi connectivity index (χ3v) is 5.08. The number of carbonyl (C=O) groups is 1. The highest BCUT2D eigenvalue weighted by molar-refractivity contribution is 5.79. The number of aromatic nitrogens is 4. The topological polar surface area (TPSA) is 155 Å². The van der Waals surface area contributed by atoms with E-state index in [4.69, 9.17) is 19.1 Å². The molecule has 0 saturated heterocycles. The summed E-state index contributed by atoms with van der Waals surface area (Å²) in [5.74, 6) is 1.33. The second-order valence-corrected chi connectivity index (χ2v) is 7.46. The van der Waals surface area contributed by atoms with Crippen LogP contribution in [0, 0.1) is 6.92 Å². The Bertz CT molecular complexity index is 1550. The maximum absolute atomic E-state index is 11.4. The molecule has 0 aliphatic rings. The number of nitrogens with one attached hydrogen (secondary N) is 3. The first-order valence-corrected chi connectivity index (χ1v) is 10.7. The molecule has 3 heterocycles. The maximum Gasteiger partial charge on any atom is 0.417 e. The van der Waals surface area contributed by atoms with Crippen molar-refractivity contribution in [2.75, 3.05) is 17.7 Å². The van der Waals surface area contributed by atoms with Gasteiger partial charge in [0.2, 0.25) is 5.95 Å². The maximum atomic E-state index is 11.4. The van der Waals surface area contributed by atoms with Crippen LogP contribution in [-0.4, -0.2) is 38.6 Å². The van der Waals surface area contributed by atoms with Gasteiger partial charge < -0.3 is 24.9 Å². The normalized spacial score (nSPS) is 10.3. The predicted molar refractivity (Wildman–Crippen MR) is 135 cm³/mol. The Morgan fingerprint density at radius 2 is 1.86 bits per heavy atom. The van der Waals surface area contributed by atoms with Crippen LogP contribution in [0.4, 0.5) is 23.1 Å². The van der Waals surface area contributed by atoms with Gasteiger partial charge in [-0.25, -0.2) is 9.78 Å². The van der Waals surface area contributed by atoms with Gasteiger partial charge in [-0.2, -0.15) is 4.98 Å². The van der Waals surface area contributed by atoms with Gasteiger partial charge >= 0.3 is 5.76 Å². The number of aromatic amines is 1. The summed E-state index contributed by atoms with van der Waals surface area (Å²) in [5.41, 5.74) is 5.39. The van der Waals surface area contributed by atoms with Gasteiger partial charge in [0.25, 0.3) is 6.47 Å². The van der Waals surface area contributed by atoms with Crippen LogP contribution in [0.3, 0.4) is 0 Å². The van der Waals surface area contributed by atoms with Crippen molar-refractivity contribution >= 4 is 40.7 Å². The second kappa shape index (κ2) is 10.8. The number of nitrogens with zero attached hydrogens (tertiary/aromatic N) is 3. The van der Waals surface area contributed by atoms with Gasteiger partial charge in [-0.1, -0.05) is 6.07 Å². The Balaban J connectivity index is 0.000000967. The van der Waals surface area contributed by atoms with Gasteiger partial charge in [-0.05, 0) is 49.4 Å². The Kier molecular flexibility index (Phi) is 7.20. The van der Waals surface area contributed by atoms with Crippen LogP contribution in [0.2, 0.25) is 0 Å². The Morgan fingerprint density at radius 3 is 2.61 bits per heavy atom. The lowest BCUT2D eigenvalue weighted by molar-refractivity contribution is -0.122. The molecule has 11 nitrogen and oxygen atoms in total. The molecule has 11 heteroatoms. The summed E-state index contributed by atoms with van der Waals surface area (Å²) < 4.78 is 10.6. The number of ether oxygens (including phenoxy) is 1. The lowest BCUT2D eigenvalue weighted by Crippen LogP contribution is -2.03. The first-order chi connectivity index (χ1) is 17.5. The van der Waals surface area contributed by atoms with E-state index in [-0.39, 0.29) is 6.47 Å². The average molecular weight is 486 g/mol. The van der Waals surface area contributed by atoms with E-state index in [9.17, 15) is 4.79 Å². The van der Waals surface area contributed by atoms with Gasteiger partial charge in [0, 0.05) is 46.7 Å². The third kappa shape index (κ3) is 5.47. The molecule has 5 rings (SSSR count). The van der Waals surface area contributed by atoms with Crippen molar-refractivity contribution in [2.45, 2.75) is 6.92 Å². The fraction of sp³-hybridized carbons (Fsp3) is 0.0800. The number of hydrogen-bond acceptors (Lipinski definition) is 9. The average Bonchev–Trinajstić information content (AvgIpc) is 3.26. The smallest absolute Gasteiger partial charge is 0.417 e. The molecule has 182 valence electrons. The first-order valence-electron chi connectivity index (χ1n) is 10.7. The number of benzene rings is 2. The van der Waals surface area contributed by atoms with Crippen LogP contribution in [0.5, 0.6) is 5.75 Å². The van der Waals surface area contributed by atoms with E-state index in [1.807, 2.05) is 43.3 Å². The molecular weight excluding hydrogens is 464 g/mol. The summed E-state index contributed by atoms with van der Waals surface area (Å²) in [6, 6.07) is 14.9. The number of aryl methyl sites for hydroxylation is 1. The standard InChI is InChI=1S/C24H20N6O3.CH2O2/c1-14-12-26-23(30-22(14)27-17-6-8-21-19(11-17)29-24(31)33-21)28-16-5-7-20(32-2)18(10-16)15-4-3-9-25-13-15;2-1-3/h3-13H,1-2H3,(H,29,31)(H2,26,27,28,30);1H,(H,2,3). The van der Waals surface area contributed by atoms with Gasteiger partial charge in [0.1, 0.15) is 11.6 Å². The van der Waals surface area contributed by atoms with Crippen molar-refractivity contribution in [1.29, 1.82) is 0 Å². The predicted octanol–water partition coefficient (Wildman–Crippen LogP) is 4.48. The summed E-state index contributed by atoms with van der Waals surface area (Å²) in [4.78, 5) is 35.6. The van der Waals surface area contributed by atoms with Crippen LogP contribution in [0.25, 0.3) is 22.2 Å². The molecule has 0 bridgehead atoms. The molecule has 2 aromatic carbocycles. The van der Waals surface area contributed by atoms with E-state index < -0.39 is 5.76 Å². The quantitative estimate of drug-likeness (QED) is 0.252. The monoisotopic (exact) mass is 486 g/mol. The molecule has 0 saturated carbocycles. The minimum Gasteiger partial charge on any atom is -0.496 e. The number of pyridine rings is 1. The van der Waals surface area contributed by atoms with Crippen molar-refractivity contribution in [2.24, 2.45) is 0 Å². The molecule has 0 unspecified atom stereocenters. The molecule has 0 fully saturated rings. The van der Waals surface area contributed by atoms with Crippen LogP contribution in [0.1, 0.15) is 5.56 Å². The minimum atomic E-state index is -0.489.